The highest BCUT2D eigenvalue weighted by atomic mass is 16.1. The highest BCUT2D eigenvalue weighted by Gasteiger charge is 2.25. The SMILES string of the molecule is CCN1CCCCC1n1c(=O)[nH]c2ccccc21. The van der Waals surface area contributed by atoms with Crippen LogP contribution >= 0.6 is 0 Å². The van der Waals surface area contributed by atoms with Crippen molar-refractivity contribution in [2.24, 2.45) is 0 Å². The summed E-state index contributed by atoms with van der Waals surface area (Å²) in [5, 5.41) is 0. The minimum Gasteiger partial charge on any atom is -0.305 e. The molecule has 1 aromatic heterocycles. The number of para-hydroxylation sites is 2. The van der Waals surface area contributed by atoms with Crippen LogP contribution in [0.3, 0.4) is 0 Å². The van der Waals surface area contributed by atoms with Crippen LogP contribution < -0.4 is 5.69 Å². The predicted molar refractivity (Wildman–Crippen MR) is 72.7 cm³/mol. The Morgan fingerprint density at radius 2 is 2.17 bits per heavy atom. The Morgan fingerprint density at radius 3 is 3.00 bits per heavy atom. The van der Waals surface area contributed by atoms with Crippen LogP contribution in [0.4, 0.5) is 0 Å². The number of hydrogen-bond donors (Lipinski definition) is 1. The number of fused-ring (bicyclic) bond motifs is 1. The van der Waals surface area contributed by atoms with Crippen molar-refractivity contribution < 1.29 is 0 Å². The van der Waals surface area contributed by atoms with Gasteiger partial charge >= 0.3 is 5.69 Å². The molecule has 0 amide bonds. The number of nitrogens with zero attached hydrogens (tertiary/aromatic N) is 2. The van der Waals surface area contributed by atoms with E-state index in [2.05, 4.69) is 16.8 Å². The third-order valence-electron chi connectivity index (χ3n) is 3.91. The average Bonchev–Trinajstić information content (AvgIpc) is 2.74. The van der Waals surface area contributed by atoms with E-state index in [0.29, 0.717) is 0 Å². The van der Waals surface area contributed by atoms with Crippen LogP contribution in [-0.4, -0.2) is 27.5 Å². The number of imidazole rings is 1. The van der Waals surface area contributed by atoms with Crippen molar-refractivity contribution in [1.29, 1.82) is 0 Å². The third kappa shape index (κ3) is 1.77. The summed E-state index contributed by atoms with van der Waals surface area (Å²) in [6, 6.07) is 7.94. The van der Waals surface area contributed by atoms with Gasteiger partial charge in [0.2, 0.25) is 0 Å². The topological polar surface area (TPSA) is 41.0 Å². The molecule has 1 saturated heterocycles. The minimum atomic E-state index is 0.0153. The van der Waals surface area contributed by atoms with Crippen molar-refractivity contribution in [1.82, 2.24) is 14.5 Å². The van der Waals surface area contributed by atoms with Gasteiger partial charge in [0, 0.05) is 6.54 Å². The van der Waals surface area contributed by atoms with Crippen LogP contribution in [0.15, 0.2) is 29.1 Å². The fourth-order valence-electron chi connectivity index (χ4n) is 3.00. The highest BCUT2D eigenvalue weighted by Crippen LogP contribution is 2.27. The van der Waals surface area contributed by atoms with Crippen LogP contribution in [0.25, 0.3) is 11.0 Å². The van der Waals surface area contributed by atoms with Gasteiger partial charge in [-0.05, 0) is 37.9 Å². The molecule has 1 unspecified atom stereocenters. The van der Waals surface area contributed by atoms with Crippen molar-refractivity contribution >= 4 is 11.0 Å². The summed E-state index contributed by atoms with van der Waals surface area (Å²) in [6.45, 7) is 4.25. The number of benzene rings is 1. The average molecular weight is 245 g/mol. The van der Waals surface area contributed by atoms with E-state index < -0.39 is 0 Å². The Labute approximate surface area is 106 Å². The first-order valence-electron chi connectivity index (χ1n) is 6.74. The van der Waals surface area contributed by atoms with Crippen molar-refractivity contribution in [3.8, 4) is 0 Å². The zero-order valence-corrected chi connectivity index (χ0v) is 10.7. The number of H-pyrrole nitrogens is 1. The lowest BCUT2D eigenvalue weighted by molar-refractivity contribution is 0.103. The van der Waals surface area contributed by atoms with E-state index in [1.165, 1.54) is 12.8 Å². The molecule has 1 N–H and O–H groups in total. The van der Waals surface area contributed by atoms with Gasteiger partial charge in [-0.1, -0.05) is 19.1 Å². The maximum Gasteiger partial charge on any atom is 0.327 e. The van der Waals surface area contributed by atoms with E-state index in [1.807, 2.05) is 28.8 Å². The molecule has 2 aromatic rings. The number of aromatic nitrogens is 2. The number of likely N-dealkylation sites (tertiary alicyclic amines) is 1. The van der Waals surface area contributed by atoms with Crippen molar-refractivity contribution in [2.45, 2.75) is 32.4 Å². The van der Waals surface area contributed by atoms with Gasteiger partial charge in [0.05, 0.1) is 17.2 Å². The first kappa shape index (κ1) is 11.5. The molecule has 0 radical (unpaired) electrons. The van der Waals surface area contributed by atoms with Gasteiger partial charge in [-0.3, -0.25) is 9.47 Å². The predicted octanol–water partition coefficient (Wildman–Crippen LogP) is 2.33. The van der Waals surface area contributed by atoms with E-state index in [-0.39, 0.29) is 11.9 Å². The van der Waals surface area contributed by atoms with Crippen molar-refractivity contribution in [2.75, 3.05) is 13.1 Å². The third-order valence-corrected chi connectivity index (χ3v) is 3.91. The molecular formula is C14H19N3O. The van der Waals surface area contributed by atoms with Gasteiger partial charge in [-0.2, -0.15) is 0 Å². The molecular weight excluding hydrogens is 226 g/mol. The second kappa shape index (κ2) is 4.61. The molecule has 0 spiro atoms. The summed E-state index contributed by atoms with van der Waals surface area (Å²) in [7, 11) is 0. The molecule has 1 aliphatic heterocycles. The molecule has 2 heterocycles. The molecule has 18 heavy (non-hydrogen) atoms. The highest BCUT2D eigenvalue weighted by molar-refractivity contribution is 5.75. The fraction of sp³-hybridized carbons (Fsp3) is 0.500. The summed E-state index contributed by atoms with van der Waals surface area (Å²) in [4.78, 5) is 17.5. The second-order valence-corrected chi connectivity index (χ2v) is 4.92. The van der Waals surface area contributed by atoms with Gasteiger partial charge in [0.1, 0.15) is 0 Å². The van der Waals surface area contributed by atoms with Crippen LogP contribution in [0, 0.1) is 0 Å². The number of hydrogen-bond acceptors (Lipinski definition) is 2. The molecule has 0 bridgehead atoms. The molecule has 4 heteroatoms. The van der Waals surface area contributed by atoms with Crippen LogP contribution in [0.5, 0.6) is 0 Å². The Kier molecular flexibility index (Phi) is 2.96. The van der Waals surface area contributed by atoms with Gasteiger partial charge in [-0.25, -0.2) is 4.79 Å². The first-order chi connectivity index (χ1) is 8.81. The summed E-state index contributed by atoms with van der Waals surface area (Å²) in [5.74, 6) is 0. The number of rotatable bonds is 2. The molecule has 1 atom stereocenters. The van der Waals surface area contributed by atoms with Crippen molar-refractivity contribution in [3.63, 3.8) is 0 Å². The lowest BCUT2D eigenvalue weighted by Crippen LogP contribution is -2.40. The monoisotopic (exact) mass is 245 g/mol. The Hall–Kier alpha value is -1.55. The van der Waals surface area contributed by atoms with Gasteiger partial charge in [-0.15, -0.1) is 0 Å². The molecule has 1 fully saturated rings. The summed E-state index contributed by atoms with van der Waals surface area (Å²) >= 11 is 0. The standard InChI is InChI=1S/C14H19N3O/c1-2-16-10-6-5-9-13(16)17-12-8-4-3-7-11(12)15-14(17)18/h3-4,7-8,13H,2,5-6,9-10H2,1H3,(H,15,18). The molecule has 96 valence electrons. The maximum atomic E-state index is 12.2. The summed E-state index contributed by atoms with van der Waals surface area (Å²) < 4.78 is 1.93. The van der Waals surface area contributed by atoms with Gasteiger partial charge < -0.3 is 4.98 Å². The van der Waals surface area contributed by atoms with Gasteiger partial charge in [0.25, 0.3) is 0 Å². The molecule has 0 aliphatic carbocycles. The van der Waals surface area contributed by atoms with Crippen molar-refractivity contribution in [3.05, 3.63) is 34.7 Å². The molecule has 0 saturated carbocycles. The number of piperidine rings is 1. The zero-order chi connectivity index (χ0) is 12.5. The Morgan fingerprint density at radius 1 is 1.33 bits per heavy atom. The van der Waals surface area contributed by atoms with E-state index in [1.54, 1.807) is 0 Å². The summed E-state index contributed by atoms with van der Waals surface area (Å²) in [5.41, 5.74) is 1.97. The van der Waals surface area contributed by atoms with Crippen LogP contribution in [0.2, 0.25) is 0 Å². The molecule has 1 aliphatic rings. The zero-order valence-electron chi connectivity index (χ0n) is 10.7. The Bertz CT molecular complexity index is 598. The molecule has 3 rings (SSSR count). The largest absolute Gasteiger partial charge is 0.327 e. The van der Waals surface area contributed by atoms with Crippen LogP contribution in [-0.2, 0) is 0 Å². The first-order valence-corrected chi connectivity index (χ1v) is 6.74. The molecule has 4 nitrogen and oxygen atoms in total. The normalized spacial score (nSPS) is 21.5. The lowest BCUT2D eigenvalue weighted by Gasteiger charge is -2.35. The Balaban J connectivity index is 2.12. The number of nitrogens with one attached hydrogen (secondary N) is 1. The minimum absolute atomic E-state index is 0.0153. The lowest BCUT2D eigenvalue weighted by atomic mass is 10.1. The van der Waals surface area contributed by atoms with E-state index >= 15 is 0 Å². The van der Waals surface area contributed by atoms with E-state index in [9.17, 15) is 4.79 Å². The fourth-order valence-corrected chi connectivity index (χ4v) is 3.00. The quantitative estimate of drug-likeness (QED) is 0.882. The second-order valence-electron chi connectivity index (χ2n) is 4.92. The smallest absolute Gasteiger partial charge is 0.305 e. The van der Waals surface area contributed by atoms with Gasteiger partial charge in [0.15, 0.2) is 0 Å². The van der Waals surface area contributed by atoms with E-state index in [0.717, 1.165) is 30.5 Å². The molecule has 1 aromatic carbocycles. The van der Waals surface area contributed by atoms with E-state index in [4.69, 9.17) is 0 Å². The van der Waals surface area contributed by atoms with Crippen LogP contribution in [0.1, 0.15) is 32.4 Å². The number of aromatic amines is 1. The summed E-state index contributed by atoms with van der Waals surface area (Å²) in [6.07, 6.45) is 3.72. The maximum absolute atomic E-state index is 12.2.